The zero-order valence-corrected chi connectivity index (χ0v) is 46.3. The van der Waals surface area contributed by atoms with Gasteiger partial charge >= 0.3 is 17.9 Å². The number of unbranched alkanes of at least 4 members (excludes halogenated alkanes) is 39. The Morgan fingerprint density at radius 2 is 0.522 bits per heavy atom. The first-order valence-electron chi connectivity index (χ1n) is 30.5. The Balaban J connectivity index is 4.34. The van der Waals surface area contributed by atoms with Gasteiger partial charge in [0.1, 0.15) is 13.2 Å². The summed E-state index contributed by atoms with van der Waals surface area (Å²) in [5.74, 6) is -0.861. The summed E-state index contributed by atoms with van der Waals surface area (Å²) in [6.45, 7) is 6.66. The van der Waals surface area contributed by atoms with Crippen LogP contribution in [0.1, 0.15) is 329 Å². The summed E-state index contributed by atoms with van der Waals surface area (Å²) in [4.78, 5) is 38.2. The summed E-state index contributed by atoms with van der Waals surface area (Å²) in [6, 6.07) is 0. The van der Waals surface area contributed by atoms with E-state index in [0.29, 0.717) is 19.3 Å². The molecule has 0 N–H and O–H groups in total. The fourth-order valence-electron chi connectivity index (χ4n) is 9.04. The molecule has 1 atom stereocenters. The minimum atomic E-state index is -0.773. The van der Waals surface area contributed by atoms with Gasteiger partial charge in [-0.15, -0.1) is 0 Å². The number of carbonyl (C=O) groups excluding carboxylic acids is 3. The second-order valence-electron chi connectivity index (χ2n) is 20.6. The molecule has 0 radical (unpaired) electrons. The highest BCUT2D eigenvalue weighted by Gasteiger charge is 2.19. The molecular weight excluding hydrogens is 853 g/mol. The van der Waals surface area contributed by atoms with E-state index in [1.165, 1.54) is 212 Å². The Morgan fingerprint density at radius 3 is 0.841 bits per heavy atom. The van der Waals surface area contributed by atoms with Crippen molar-refractivity contribution in [2.75, 3.05) is 13.2 Å². The van der Waals surface area contributed by atoms with E-state index < -0.39 is 6.10 Å². The largest absolute Gasteiger partial charge is 0.462 e. The molecular formula is C63H116O6. The van der Waals surface area contributed by atoms with E-state index in [1.54, 1.807) is 0 Å². The molecule has 0 spiro atoms. The average Bonchev–Trinajstić information content (AvgIpc) is 3.35. The van der Waals surface area contributed by atoms with Gasteiger partial charge in [0.05, 0.1) is 0 Å². The minimum absolute atomic E-state index is 0.0711. The van der Waals surface area contributed by atoms with Crippen LogP contribution >= 0.6 is 0 Å². The normalized spacial score (nSPS) is 12.2. The van der Waals surface area contributed by atoms with E-state index in [2.05, 4.69) is 57.2 Å². The molecule has 0 aromatic heterocycles. The number of allylic oxidation sites excluding steroid dienone is 6. The SMILES string of the molecule is CCCCC/C=C\C/C=C\C/C=C\CCCCCCCCC(=O)OC[C@@H](COC(=O)CCCCCCCCCCCCCCCC)OC(=O)CCCCCCCCCCCCCCCCCCCC. The predicted octanol–water partition coefficient (Wildman–Crippen LogP) is 20.4. The van der Waals surface area contributed by atoms with Gasteiger partial charge in [-0.2, -0.15) is 0 Å². The Bertz CT molecular complexity index is 1160. The summed E-state index contributed by atoms with van der Waals surface area (Å²) in [5.41, 5.74) is 0. The molecule has 0 aromatic rings. The quantitative estimate of drug-likeness (QED) is 0.0261. The highest BCUT2D eigenvalue weighted by molar-refractivity contribution is 5.71. The van der Waals surface area contributed by atoms with E-state index >= 15 is 0 Å². The van der Waals surface area contributed by atoms with Crippen molar-refractivity contribution in [3.05, 3.63) is 36.5 Å². The number of carbonyl (C=O) groups is 3. The van der Waals surface area contributed by atoms with Crippen LogP contribution in [0.5, 0.6) is 0 Å². The predicted molar refractivity (Wildman–Crippen MR) is 298 cm³/mol. The maximum atomic E-state index is 12.9. The summed E-state index contributed by atoms with van der Waals surface area (Å²) < 4.78 is 16.9. The summed E-state index contributed by atoms with van der Waals surface area (Å²) in [5, 5.41) is 0. The molecule has 0 aromatic carbocycles. The second kappa shape index (κ2) is 58.2. The van der Waals surface area contributed by atoms with Crippen molar-refractivity contribution in [1.82, 2.24) is 0 Å². The van der Waals surface area contributed by atoms with E-state index in [-0.39, 0.29) is 31.1 Å². The number of hydrogen-bond acceptors (Lipinski definition) is 6. The van der Waals surface area contributed by atoms with Gasteiger partial charge in [0, 0.05) is 19.3 Å². The van der Waals surface area contributed by atoms with Crippen molar-refractivity contribution in [3.8, 4) is 0 Å². The van der Waals surface area contributed by atoms with Crippen LogP contribution in [0.3, 0.4) is 0 Å². The Kier molecular flexibility index (Phi) is 56.2. The first-order valence-corrected chi connectivity index (χ1v) is 30.5. The summed E-state index contributed by atoms with van der Waals surface area (Å²) in [6.07, 6.45) is 69.9. The molecule has 0 saturated heterocycles. The van der Waals surface area contributed by atoms with Crippen molar-refractivity contribution >= 4 is 17.9 Å². The molecule has 0 aliphatic heterocycles. The van der Waals surface area contributed by atoms with Gasteiger partial charge in [0.25, 0.3) is 0 Å². The fourth-order valence-corrected chi connectivity index (χ4v) is 9.04. The summed E-state index contributed by atoms with van der Waals surface area (Å²) in [7, 11) is 0. The molecule has 0 bridgehead atoms. The van der Waals surface area contributed by atoms with Gasteiger partial charge < -0.3 is 14.2 Å². The van der Waals surface area contributed by atoms with Crippen LogP contribution in [-0.4, -0.2) is 37.2 Å². The van der Waals surface area contributed by atoms with Crippen LogP contribution in [0.15, 0.2) is 36.5 Å². The van der Waals surface area contributed by atoms with Gasteiger partial charge in [0.2, 0.25) is 0 Å². The van der Waals surface area contributed by atoms with Crippen molar-refractivity contribution in [2.45, 2.75) is 335 Å². The van der Waals surface area contributed by atoms with Crippen LogP contribution in [0.25, 0.3) is 0 Å². The molecule has 0 heterocycles. The van der Waals surface area contributed by atoms with E-state index in [0.717, 1.165) is 77.0 Å². The summed E-state index contributed by atoms with van der Waals surface area (Å²) >= 11 is 0. The highest BCUT2D eigenvalue weighted by Crippen LogP contribution is 2.17. The first kappa shape index (κ1) is 66.6. The molecule has 0 saturated carbocycles. The lowest BCUT2D eigenvalue weighted by Crippen LogP contribution is -2.30. The second-order valence-corrected chi connectivity index (χ2v) is 20.6. The first-order chi connectivity index (χ1) is 34.0. The average molecular weight is 970 g/mol. The van der Waals surface area contributed by atoms with Crippen molar-refractivity contribution < 1.29 is 28.6 Å². The fraction of sp³-hybridized carbons (Fsp3) is 0.857. The van der Waals surface area contributed by atoms with Crippen molar-refractivity contribution in [3.63, 3.8) is 0 Å². The molecule has 0 aliphatic rings. The molecule has 6 heteroatoms. The Hall–Kier alpha value is -2.37. The van der Waals surface area contributed by atoms with E-state index in [9.17, 15) is 14.4 Å². The van der Waals surface area contributed by atoms with Crippen LogP contribution in [0.4, 0.5) is 0 Å². The lowest BCUT2D eigenvalue weighted by Gasteiger charge is -2.18. The molecule has 0 aliphatic carbocycles. The third-order valence-corrected chi connectivity index (χ3v) is 13.6. The van der Waals surface area contributed by atoms with Crippen LogP contribution in [0, 0.1) is 0 Å². The van der Waals surface area contributed by atoms with E-state index in [1.807, 2.05) is 0 Å². The third kappa shape index (κ3) is 56.4. The number of hydrogen-bond donors (Lipinski definition) is 0. The molecule has 0 rings (SSSR count). The minimum Gasteiger partial charge on any atom is -0.462 e. The monoisotopic (exact) mass is 969 g/mol. The number of rotatable bonds is 56. The number of ether oxygens (including phenoxy) is 3. The van der Waals surface area contributed by atoms with Gasteiger partial charge in [0.15, 0.2) is 6.10 Å². The van der Waals surface area contributed by atoms with Gasteiger partial charge in [-0.25, -0.2) is 0 Å². The molecule has 69 heavy (non-hydrogen) atoms. The van der Waals surface area contributed by atoms with Gasteiger partial charge in [-0.05, 0) is 57.8 Å². The third-order valence-electron chi connectivity index (χ3n) is 13.6. The van der Waals surface area contributed by atoms with Crippen LogP contribution in [-0.2, 0) is 28.6 Å². The topological polar surface area (TPSA) is 78.9 Å². The lowest BCUT2D eigenvalue weighted by atomic mass is 10.0. The molecule has 6 nitrogen and oxygen atoms in total. The van der Waals surface area contributed by atoms with E-state index in [4.69, 9.17) is 14.2 Å². The molecule has 0 amide bonds. The lowest BCUT2D eigenvalue weighted by molar-refractivity contribution is -0.167. The van der Waals surface area contributed by atoms with Gasteiger partial charge in [-0.1, -0.05) is 288 Å². The molecule has 404 valence electrons. The van der Waals surface area contributed by atoms with Gasteiger partial charge in [-0.3, -0.25) is 14.4 Å². The Labute approximate surface area is 429 Å². The molecule has 0 fully saturated rings. The standard InChI is InChI=1S/C63H116O6/c1-4-7-10-13-16-19-22-25-28-30-32-34-35-38-41-44-47-50-53-56-62(65)68-59-60(58-67-61(64)55-52-49-46-43-40-37-27-24-21-18-15-12-9-6-3)69-63(66)57-54-51-48-45-42-39-36-33-31-29-26-23-20-17-14-11-8-5-2/h16,19,25,28,32,34,60H,4-15,17-18,20-24,26-27,29-31,33,35-59H2,1-3H3/b19-16-,28-25-,34-32-/t60-/m1/s1. The van der Waals surface area contributed by atoms with Crippen molar-refractivity contribution in [1.29, 1.82) is 0 Å². The Morgan fingerprint density at radius 1 is 0.290 bits per heavy atom. The van der Waals surface area contributed by atoms with Crippen LogP contribution in [0.2, 0.25) is 0 Å². The van der Waals surface area contributed by atoms with Crippen molar-refractivity contribution in [2.24, 2.45) is 0 Å². The zero-order valence-electron chi connectivity index (χ0n) is 46.3. The molecule has 0 unspecified atom stereocenters. The maximum Gasteiger partial charge on any atom is 0.306 e. The highest BCUT2D eigenvalue weighted by atomic mass is 16.6. The van der Waals surface area contributed by atoms with Crippen LogP contribution < -0.4 is 0 Å². The smallest absolute Gasteiger partial charge is 0.306 e. The zero-order chi connectivity index (χ0) is 50.0. The maximum absolute atomic E-state index is 12.9. The number of esters is 3.